The number of para-hydroxylation sites is 1. The van der Waals surface area contributed by atoms with Crippen molar-refractivity contribution < 1.29 is 92.6 Å². The molecule has 10 bridgehead atoms. The summed E-state index contributed by atoms with van der Waals surface area (Å²) in [7, 11) is -2.43. The van der Waals surface area contributed by atoms with E-state index < -0.39 is 119 Å². The predicted octanol–water partition coefficient (Wildman–Crippen LogP) is 15.3. The molecule has 0 radical (unpaired) electrons. The number of aromatic nitrogens is 2. The van der Waals surface area contributed by atoms with Crippen LogP contribution in [0.4, 0.5) is 17.1 Å². The van der Waals surface area contributed by atoms with Gasteiger partial charge in [-0.2, -0.15) is 0 Å². The lowest BCUT2D eigenvalue weighted by molar-refractivity contribution is -0.113. The van der Waals surface area contributed by atoms with Gasteiger partial charge in [0, 0.05) is 101 Å². The van der Waals surface area contributed by atoms with E-state index in [0.29, 0.717) is 42.9 Å². The van der Waals surface area contributed by atoms with E-state index in [1.807, 2.05) is 72.4 Å². The van der Waals surface area contributed by atoms with Crippen LogP contribution in [0.5, 0.6) is 28.7 Å². The number of carbonyl (C=O) groups excluding carboxylic acids is 3. The second kappa shape index (κ2) is 38.1. The molecule has 2 aromatic heterocycles. The van der Waals surface area contributed by atoms with Crippen molar-refractivity contribution >= 4 is 115 Å². The minimum Gasteiger partial charge on any atom is -0.542 e. The number of allylic oxidation sites excluding steroid dienone is 6. The maximum atomic E-state index is 14.8. The fourth-order valence-electron chi connectivity index (χ4n) is 17.8. The molecule has 0 unspecified atom stereocenters. The molecule has 6 aromatic carbocycles. The first-order valence-corrected chi connectivity index (χ1v) is 48.0. The monoisotopic (exact) mass is 1790 g/mol. The summed E-state index contributed by atoms with van der Waals surface area (Å²) in [5.74, 6) is -8.86. The molecule has 2 saturated heterocycles. The van der Waals surface area contributed by atoms with Gasteiger partial charge in [0.25, 0.3) is 25.9 Å². The topological polar surface area (TPSA) is 422 Å². The van der Waals surface area contributed by atoms with Crippen LogP contribution in [-0.4, -0.2) is 156 Å². The van der Waals surface area contributed by atoms with Crippen LogP contribution < -0.4 is 56.3 Å². The average Bonchev–Trinajstić information content (AvgIpc) is 1.62. The van der Waals surface area contributed by atoms with Crippen LogP contribution in [-0.2, 0) is 19.1 Å². The van der Waals surface area contributed by atoms with Gasteiger partial charge in [0.15, 0.2) is 44.8 Å². The fourth-order valence-corrected chi connectivity index (χ4v) is 18.8. The second-order valence-electron chi connectivity index (χ2n) is 38.8. The van der Waals surface area contributed by atoms with E-state index in [9.17, 15) is 69.6 Å². The number of phenols is 2. The Morgan fingerprint density at radius 3 is 1.53 bits per heavy atom. The molecule has 29 heteroatoms. The molecular formula is C100H130N6O22Si. The van der Waals surface area contributed by atoms with Crippen molar-refractivity contribution in [3.8, 4) is 28.7 Å². The second-order valence-corrected chi connectivity index (χ2v) is 43.5. The smallest absolute Gasteiger partial charge is 0.312 e. The van der Waals surface area contributed by atoms with Crippen molar-refractivity contribution in [2.24, 2.45) is 71.0 Å². The van der Waals surface area contributed by atoms with Crippen LogP contribution in [0, 0.1) is 84.9 Å². The highest BCUT2D eigenvalue weighted by Crippen LogP contribution is 2.51. The Morgan fingerprint density at radius 2 is 1.00 bits per heavy atom. The van der Waals surface area contributed by atoms with E-state index in [1.165, 1.54) is 52.4 Å². The summed E-state index contributed by atoms with van der Waals surface area (Å²) in [6.45, 7) is 46.2. The highest BCUT2D eigenvalue weighted by molar-refractivity contribution is 6.74. The molecule has 0 aliphatic carbocycles. The summed E-state index contributed by atoms with van der Waals surface area (Å²) in [6.07, 6.45) is 15.4. The molecule has 0 spiro atoms. The molecule has 8 aliphatic heterocycles. The number of fused-ring (bicyclic) bond motifs is 28. The van der Waals surface area contributed by atoms with Crippen LogP contribution >= 0.6 is 0 Å². The number of aliphatic hydroxyl groups excluding tert-OH is 7. The largest absolute Gasteiger partial charge is 0.542 e. The van der Waals surface area contributed by atoms with Crippen molar-refractivity contribution in [1.82, 2.24) is 15.3 Å². The number of amides is 2. The Balaban J connectivity index is 0.000000217. The number of hydrogen-bond donors (Lipinski definition) is 12. The summed E-state index contributed by atoms with van der Waals surface area (Å²) in [5.41, 5.74) is -1.35. The van der Waals surface area contributed by atoms with E-state index in [4.69, 9.17) is 47.3 Å². The highest BCUT2D eigenvalue weighted by Gasteiger charge is 2.51. The predicted molar refractivity (Wildman–Crippen MR) is 504 cm³/mol. The Morgan fingerprint density at radius 1 is 0.512 bits per heavy atom. The van der Waals surface area contributed by atoms with E-state index >= 15 is 0 Å². The number of piperidine rings is 2. The third-order valence-electron chi connectivity index (χ3n) is 29.0. The summed E-state index contributed by atoms with van der Waals surface area (Å²) in [5, 5.41) is 108. The van der Waals surface area contributed by atoms with Crippen molar-refractivity contribution in [3.63, 3.8) is 0 Å². The molecule has 18 atom stereocenters. The number of nitrogens with one attached hydrogen (secondary N) is 3. The summed E-state index contributed by atoms with van der Waals surface area (Å²) >= 11 is 0. The van der Waals surface area contributed by atoms with Crippen LogP contribution in [0.2, 0.25) is 18.1 Å². The quantitative estimate of drug-likeness (QED) is 0.0338. The van der Waals surface area contributed by atoms with Gasteiger partial charge >= 0.3 is 11.6 Å². The van der Waals surface area contributed by atoms with Crippen LogP contribution in [0.15, 0.2) is 126 Å². The maximum absolute atomic E-state index is 14.8. The van der Waals surface area contributed by atoms with Gasteiger partial charge in [0.05, 0.1) is 70.7 Å². The number of rotatable bonds is 3. The van der Waals surface area contributed by atoms with Gasteiger partial charge in [-0.25, -0.2) is 9.97 Å². The van der Waals surface area contributed by atoms with Crippen LogP contribution in [0.3, 0.4) is 0 Å². The van der Waals surface area contributed by atoms with Crippen molar-refractivity contribution in [2.75, 3.05) is 41.7 Å². The SMILES string of the molecule is C/C1=C/C=C/[C@H](C)[C@H](O)[C@@H](C)[C@@H](O)[C@@H](C)[C@H](C)[C@H](C)[C@@H](C)/C=C/O[C@@]2(C)Oc3c(C)c(=O)c4c(O)c(c5oc6cccc(O[Si](C)(C)C(C)(C)C)c6nc5c4c3C2=O)NC1=O.C/C1=C/C=C/[C@H](C)[C@H](O)[C@@H](C)[C@@H](O)[C@@H](C)[C@H](C)[C@H](C)[C@@H](C)/C=C/O[C@@]2(C)Oc3c(C)c(O)c4c(=O)c(c5oc6cc(N7CCC(O)CC7)cc(=O)c6nc5c4c3=C2O)NC1=O.OC1CCNCC1. The number of Topliss-reactive ketones (excluding diaryl/α,β-unsaturated/α-hetero) is 1. The molecule has 696 valence electrons. The van der Waals surface area contributed by atoms with Crippen molar-refractivity contribution in [3.05, 3.63) is 155 Å². The first kappa shape index (κ1) is 97.6. The number of hydrogen-bond acceptors (Lipinski definition) is 26. The molecule has 2 fully saturated rings. The van der Waals surface area contributed by atoms with E-state index in [1.54, 1.807) is 68.5 Å². The van der Waals surface area contributed by atoms with Gasteiger partial charge in [0.1, 0.15) is 50.9 Å². The normalized spacial score (nSPS) is 30.6. The zero-order chi connectivity index (χ0) is 94.8. The number of anilines is 3. The number of aromatic hydroxyl groups is 2. The number of nitrogens with zero attached hydrogens (tertiary/aromatic N) is 3. The van der Waals surface area contributed by atoms with Gasteiger partial charge < -0.3 is 99.0 Å². The lowest BCUT2D eigenvalue weighted by Gasteiger charge is -2.36. The number of ketones is 1. The molecule has 16 rings (SSSR count). The van der Waals surface area contributed by atoms with Crippen LogP contribution in [0.1, 0.15) is 179 Å². The Hall–Kier alpha value is -10.5. The van der Waals surface area contributed by atoms with E-state index in [2.05, 4.69) is 77.5 Å². The number of carbonyl (C=O) groups is 3. The number of aliphatic hydroxyl groups is 7. The lowest BCUT2D eigenvalue weighted by Crippen LogP contribution is -2.43. The van der Waals surface area contributed by atoms with E-state index in [0.717, 1.165) is 25.9 Å². The van der Waals surface area contributed by atoms with Crippen molar-refractivity contribution in [1.29, 1.82) is 0 Å². The summed E-state index contributed by atoms with van der Waals surface area (Å²) < 4.78 is 44.6. The Bertz CT molecular complexity index is 6130. The number of phenolic OH excluding ortho intramolecular Hbond substituents is 2. The third-order valence-corrected chi connectivity index (χ3v) is 33.3. The molecule has 8 aromatic rings. The molecule has 129 heavy (non-hydrogen) atoms. The van der Waals surface area contributed by atoms with Gasteiger partial charge in [-0.05, 0) is 156 Å². The van der Waals surface area contributed by atoms with E-state index in [-0.39, 0.29) is 181 Å². The molecule has 12 N–H and O–H groups in total. The zero-order valence-corrected chi connectivity index (χ0v) is 79.4. The maximum Gasteiger partial charge on any atom is 0.312 e. The minimum atomic E-state index is -2.43. The van der Waals surface area contributed by atoms with Gasteiger partial charge in [-0.15, -0.1) is 0 Å². The minimum absolute atomic E-state index is 0.00174. The summed E-state index contributed by atoms with van der Waals surface area (Å²) in [4.78, 5) is 97.4. The van der Waals surface area contributed by atoms with Gasteiger partial charge in [0.2, 0.25) is 10.9 Å². The van der Waals surface area contributed by atoms with Crippen LogP contribution in [0.25, 0.3) is 71.7 Å². The molecule has 0 saturated carbocycles. The number of ether oxygens (including phenoxy) is 4. The molecular weight excluding hydrogens is 1670 g/mol. The standard InChI is InChI=1S/C48H62N2O10Si.C47H57N3O11.C5H11NO/c1-23-21-22-57-48(12)45(55)35-33-34(41(53)30(8)43(35)59-48)42(54)38(44-37(33)49-36-31(58-44)19-16-20-32(36)60-61(13,14)47(9,10)11)50-46(56)25(3)18-15-17-24(2)39(51)29(7)40(52)28(6)27(5)26(23)4;1-21-15-18-59-47(9)45(57)35-33-34(41(55)28(8)43(35)61-47)42(56)38(44-37(33)48-36-31(52)19-29(20-32(36)60-44)50-16-13-30(51)14-17-50)49-46(58)23(3)12-10-11-22(2)39(53)27(7)40(54)26(6)25(5)24(21)4;7-5-1-3-6-4-2-5/h15-24,26-29,39-40,51-52,54H,1-14H3,(H,50,56);10-12,15,18-22,24-27,30,39-40,51,53-55,57H,13-14,16-17H2,1-9H3,(H,49,58);5-7H,1-4H2/b17-15+,22-21+,25-18-;11-10+,18-15+,23-12-;/t23-,24-,26+,27+,28-,29+,39-,40-,48-;21-,22-,24+,25+,26-,27+,39-,40-,47-;/m00./s1. The van der Waals surface area contributed by atoms with Gasteiger partial charge in [-0.3, -0.25) is 28.8 Å². The summed E-state index contributed by atoms with van der Waals surface area (Å²) in [6, 6.07) is 8.28. The third kappa shape index (κ3) is 19.0. The number of benzene rings is 6. The lowest BCUT2D eigenvalue weighted by atomic mass is 9.72. The van der Waals surface area contributed by atoms with Gasteiger partial charge in [-0.1, -0.05) is 146 Å². The first-order chi connectivity index (χ1) is 60.5. The fraction of sp³-hybridized carbons (Fsp3) is 0.520. The highest BCUT2D eigenvalue weighted by atomic mass is 28.4. The Kier molecular flexibility index (Phi) is 28.8. The molecule has 8 aliphatic rings. The van der Waals surface area contributed by atoms with Crippen molar-refractivity contribution in [2.45, 2.75) is 237 Å². The first-order valence-electron chi connectivity index (χ1n) is 45.1. The zero-order valence-electron chi connectivity index (χ0n) is 78.4. The molecule has 2 amide bonds. The molecule has 28 nitrogen and oxygen atoms in total. The molecule has 10 heterocycles. The Labute approximate surface area is 752 Å². The average molecular weight is 1800 g/mol.